The Balaban J connectivity index is 2.23. The Bertz CT molecular complexity index is 230. The molecule has 1 unspecified atom stereocenters. The number of nitrogens with two attached hydrogens (primary N) is 1. The molecule has 0 aromatic heterocycles. The number of aliphatic hydroxyl groups excluding tert-OH is 1. The van der Waals surface area contributed by atoms with E-state index in [0.717, 1.165) is 13.1 Å². The highest BCUT2D eigenvalue weighted by molar-refractivity contribution is 5.67. The molecule has 1 aliphatic heterocycles. The van der Waals surface area contributed by atoms with E-state index < -0.39 is 0 Å². The molecular formula is C11H23N3O3. The van der Waals surface area contributed by atoms with E-state index in [1.165, 1.54) is 0 Å². The van der Waals surface area contributed by atoms with Crippen LogP contribution in [0.4, 0.5) is 4.79 Å². The van der Waals surface area contributed by atoms with Crippen molar-refractivity contribution < 1.29 is 14.6 Å². The number of nitrogens with zero attached hydrogens (tertiary/aromatic N) is 2. The Morgan fingerprint density at radius 1 is 1.41 bits per heavy atom. The normalized spacial score (nSPS) is 19.1. The van der Waals surface area contributed by atoms with Crippen molar-refractivity contribution in [1.82, 2.24) is 9.80 Å². The van der Waals surface area contributed by atoms with Crippen LogP contribution in [0, 0.1) is 0 Å². The molecule has 1 saturated heterocycles. The van der Waals surface area contributed by atoms with Gasteiger partial charge >= 0.3 is 6.09 Å². The average Bonchev–Trinajstić information content (AvgIpc) is 2.30. The van der Waals surface area contributed by atoms with Gasteiger partial charge in [0.1, 0.15) is 0 Å². The number of rotatable bonds is 5. The van der Waals surface area contributed by atoms with Crippen LogP contribution in [0.3, 0.4) is 0 Å². The fourth-order valence-corrected chi connectivity index (χ4v) is 1.91. The highest BCUT2D eigenvalue weighted by atomic mass is 16.6. The molecule has 3 N–H and O–H groups in total. The monoisotopic (exact) mass is 245 g/mol. The van der Waals surface area contributed by atoms with Gasteiger partial charge in [-0.25, -0.2) is 4.79 Å². The summed E-state index contributed by atoms with van der Waals surface area (Å²) in [5, 5.41) is 9.63. The van der Waals surface area contributed by atoms with Crippen molar-refractivity contribution in [2.75, 3.05) is 45.9 Å². The lowest BCUT2D eigenvalue weighted by Crippen LogP contribution is -2.50. The number of piperazine rings is 1. The van der Waals surface area contributed by atoms with E-state index in [2.05, 4.69) is 4.90 Å². The average molecular weight is 245 g/mol. The number of hydrogen-bond acceptors (Lipinski definition) is 5. The first-order valence-electron chi connectivity index (χ1n) is 6.19. The first-order chi connectivity index (χ1) is 8.17. The molecule has 0 aromatic rings. The molecule has 0 bridgehead atoms. The number of carbonyl (C=O) groups excluding carboxylic acids is 1. The summed E-state index contributed by atoms with van der Waals surface area (Å²) in [6, 6.07) is 0. The maximum atomic E-state index is 11.4. The summed E-state index contributed by atoms with van der Waals surface area (Å²) in [7, 11) is 0. The number of hydrogen-bond donors (Lipinski definition) is 2. The first kappa shape index (κ1) is 14.2. The van der Waals surface area contributed by atoms with E-state index >= 15 is 0 Å². The SMILES string of the molecule is CCOC(=O)N1CCN(CC(O)CCN)CC1. The third-order valence-electron chi connectivity index (χ3n) is 2.87. The Morgan fingerprint density at radius 3 is 2.59 bits per heavy atom. The molecule has 1 fully saturated rings. The van der Waals surface area contributed by atoms with Gasteiger partial charge in [-0.1, -0.05) is 0 Å². The van der Waals surface area contributed by atoms with Crippen molar-refractivity contribution in [1.29, 1.82) is 0 Å². The van der Waals surface area contributed by atoms with Crippen molar-refractivity contribution in [3.05, 3.63) is 0 Å². The standard InChI is InChI=1S/C11H23N3O3/c1-2-17-11(16)14-7-5-13(6-8-14)9-10(15)3-4-12/h10,15H,2-9,12H2,1H3. The van der Waals surface area contributed by atoms with Crippen molar-refractivity contribution in [2.24, 2.45) is 5.73 Å². The molecule has 6 nitrogen and oxygen atoms in total. The van der Waals surface area contributed by atoms with Gasteiger partial charge in [-0.3, -0.25) is 4.90 Å². The van der Waals surface area contributed by atoms with Crippen LogP contribution in [0.25, 0.3) is 0 Å². The second kappa shape index (κ2) is 7.47. The smallest absolute Gasteiger partial charge is 0.409 e. The van der Waals surface area contributed by atoms with Gasteiger partial charge in [-0.2, -0.15) is 0 Å². The predicted molar refractivity (Wildman–Crippen MR) is 64.7 cm³/mol. The minimum absolute atomic E-state index is 0.241. The zero-order valence-corrected chi connectivity index (χ0v) is 10.5. The molecule has 1 atom stereocenters. The molecule has 1 aliphatic rings. The number of carbonyl (C=O) groups is 1. The summed E-state index contributed by atoms with van der Waals surface area (Å²) in [6.45, 7) is 6.23. The zero-order valence-electron chi connectivity index (χ0n) is 10.5. The summed E-state index contributed by atoms with van der Waals surface area (Å²) in [6.07, 6.45) is 0.0155. The van der Waals surface area contributed by atoms with E-state index in [9.17, 15) is 9.90 Å². The molecule has 0 aromatic carbocycles. The Hall–Kier alpha value is -0.850. The highest BCUT2D eigenvalue weighted by Gasteiger charge is 2.22. The molecule has 1 amide bonds. The van der Waals surface area contributed by atoms with Gasteiger partial charge in [0.25, 0.3) is 0 Å². The number of ether oxygens (including phenoxy) is 1. The van der Waals surface area contributed by atoms with Crippen LogP contribution in [0.5, 0.6) is 0 Å². The Labute approximate surface area is 102 Å². The molecule has 1 heterocycles. The number of β-amino-alcohol motifs (C(OH)–C–C–N with tert-alkyl or cyclic N) is 1. The number of amides is 1. The lowest BCUT2D eigenvalue weighted by Gasteiger charge is -2.34. The topological polar surface area (TPSA) is 79.0 Å². The fraction of sp³-hybridized carbons (Fsp3) is 0.909. The third-order valence-corrected chi connectivity index (χ3v) is 2.87. The van der Waals surface area contributed by atoms with Crippen molar-refractivity contribution in [2.45, 2.75) is 19.4 Å². The van der Waals surface area contributed by atoms with Crippen LogP contribution in [0.1, 0.15) is 13.3 Å². The summed E-state index contributed by atoms with van der Waals surface area (Å²) in [4.78, 5) is 15.3. The summed E-state index contributed by atoms with van der Waals surface area (Å²) < 4.78 is 4.94. The van der Waals surface area contributed by atoms with Gasteiger partial charge in [-0.15, -0.1) is 0 Å². The molecule has 100 valence electrons. The van der Waals surface area contributed by atoms with Gasteiger partial charge in [0.05, 0.1) is 12.7 Å². The minimum Gasteiger partial charge on any atom is -0.450 e. The lowest BCUT2D eigenvalue weighted by molar-refractivity contribution is 0.0565. The Morgan fingerprint density at radius 2 is 2.06 bits per heavy atom. The maximum Gasteiger partial charge on any atom is 0.409 e. The summed E-state index contributed by atoms with van der Waals surface area (Å²) in [5.74, 6) is 0. The largest absolute Gasteiger partial charge is 0.450 e. The van der Waals surface area contributed by atoms with Crippen molar-refractivity contribution >= 4 is 6.09 Å². The Kier molecular flexibility index (Phi) is 6.25. The quantitative estimate of drug-likeness (QED) is 0.681. The second-order valence-corrected chi connectivity index (χ2v) is 4.22. The molecule has 1 rings (SSSR count). The van der Waals surface area contributed by atoms with E-state index in [0.29, 0.717) is 39.2 Å². The third kappa shape index (κ3) is 4.89. The zero-order chi connectivity index (χ0) is 12.7. The van der Waals surface area contributed by atoms with E-state index in [1.807, 2.05) is 0 Å². The maximum absolute atomic E-state index is 11.4. The van der Waals surface area contributed by atoms with Gasteiger partial charge < -0.3 is 20.5 Å². The van der Waals surface area contributed by atoms with Crippen LogP contribution in [-0.2, 0) is 4.74 Å². The van der Waals surface area contributed by atoms with Gasteiger partial charge in [-0.05, 0) is 19.9 Å². The lowest BCUT2D eigenvalue weighted by atomic mass is 10.2. The second-order valence-electron chi connectivity index (χ2n) is 4.22. The van der Waals surface area contributed by atoms with Crippen LogP contribution in [0.15, 0.2) is 0 Å². The van der Waals surface area contributed by atoms with Crippen molar-refractivity contribution in [3.63, 3.8) is 0 Å². The minimum atomic E-state index is -0.367. The molecular weight excluding hydrogens is 222 g/mol. The van der Waals surface area contributed by atoms with E-state index in [4.69, 9.17) is 10.5 Å². The number of aliphatic hydroxyl groups is 1. The van der Waals surface area contributed by atoms with E-state index in [-0.39, 0.29) is 12.2 Å². The molecule has 0 saturated carbocycles. The molecule has 17 heavy (non-hydrogen) atoms. The molecule has 0 radical (unpaired) electrons. The van der Waals surface area contributed by atoms with Gasteiger partial charge in [0.15, 0.2) is 0 Å². The molecule has 0 aliphatic carbocycles. The molecule has 0 spiro atoms. The van der Waals surface area contributed by atoms with Crippen molar-refractivity contribution in [3.8, 4) is 0 Å². The van der Waals surface area contributed by atoms with Crippen LogP contribution in [-0.4, -0.2) is 73.0 Å². The van der Waals surface area contributed by atoms with Crippen LogP contribution < -0.4 is 5.73 Å². The van der Waals surface area contributed by atoms with E-state index in [1.54, 1.807) is 11.8 Å². The summed E-state index contributed by atoms with van der Waals surface area (Å²) in [5.41, 5.74) is 5.38. The van der Waals surface area contributed by atoms with Gasteiger partial charge in [0, 0.05) is 32.7 Å². The predicted octanol–water partition coefficient (Wildman–Crippen LogP) is -0.530. The highest BCUT2D eigenvalue weighted by Crippen LogP contribution is 2.05. The first-order valence-corrected chi connectivity index (χ1v) is 6.19. The summed E-state index contributed by atoms with van der Waals surface area (Å²) >= 11 is 0. The molecule has 6 heteroatoms. The van der Waals surface area contributed by atoms with Crippen LogP contribution in [0.2, 0.25) is 0 Å². The van der Waals surface area contributed by atoms with Gasteiger partial charge in [0.2, 0.25) is 0 Å². The van der Waals surface area contributed by atoms with Crippen LogP contribution >= 0.6 is 0 Å². The fourth-order valence-electron chi connectivity index (χ4n) is 1.91.